The maximum Gasteiger partial charge on any atom is 0.165 e. The van der Waals surface area contributed by atoms with Crippen LogP contribution in [0.15, 0.2) is 23.1 Å². The molecule has 0 N–H and O–H groups in total. The summed E-state index contributed by atoms with van der Waals surface area (Å²) in [6, 6.07) is 4.53. The number of benzene rings is 1. The average molecular weight is 186 g/mol. The van der Waals surface area contributed by atoms with E-state index in [1.807, 2.05) is 6.92 Å². The van der Waals surface area contributed by atoms with E-state index in [2.05, 4.69) is 12.6 Å². The minimum absolute atomic E-state index is 0.282. The van der Waals surface area contributed by atoms with Crippen LogP contribution in [-0.4, -0.2) is 6.61 Å². The van der Waals surface area contributed by atoms with Crippen molar-refractivity contribution >= 4 is 12.6 Å². The minimum atomic E-state index is -0.332. The van der Waals surface area contributed by atoms with Crippen LogP contribution in [0.1, 0.15) is 13.3 Å². The number of hydrogen-bond acceptors (Lipinski definition) is 2. The summed E-state index contributed by atoms with van der Waals surface area (Å²) in [5.74, 6) is -0.0504. The van der Waals surface area contributed by atoms with Crippen LogP contribution in [0.3, 0.4) is 0 Å². The van der Waals surface area contributed by atoms with Crippen molar-refractivity contribution in [2.45, 2.75) is 18.2 Å². The molecule has 1 rings (SSSR count). The van der Waals surface area contributed by atoms with E-state index in [0.29, 0.717) is 11.5 Å². The predicted octanol–water partition coefficient (Wildman–Crippen LogP) is 2.90. The van der Waals surface area contributed by atoms with Gasteiger partial charge in [0.25, 0.3) is 0 Å². The molecule has 0 aromatic heterocycles. The van der Waals surface area contributed by atoms with Crippen LogP contribution < -0.4 is 4.74 Å². The normalized spacial score (nSPS) is 9.92. The summed E-state index contributed by atoms with van der Waals surface area (Å²) in [5, 5.41) is 0. The first-order valence-electron chi connectivity index (χ1n) is 3.85. The fourth-order valence-corrected chi connectivity index (χ4v) is 1.01. The van der Waals surface area contributed by atoms with E-state index >= 15 is 0 Å². The van der Waals surface area contributed by atoms with Gasteiger partial charge in [0.2, 0.25) is 0 Å². The van der Waals surface area contributed by atoms with E-state index in [4.69, 9.17) is 4.74 Å². The van der Waals surface area contributed by atoms with Crippen LogP contribution >= 0.6 is 12.6 Å². The van der Waals surface area contributed by atoms with Gasteiger partial charge in [-0.2, -0.15) is 0 Å². The third kappa shape index (κ3) is 2.41. The number of halogens is 1. The van der Waals surface area contributed by atoms with Gasteiger partial charge in [0.1, 0.15) is 0 Å². The van der Waals surface area contributed by atoms with Gasteiger partial charge >= 0.3 is 0 Å². The molecule has 66 valence electrons. The Balaban J connectivity index is 2.75. The molecule has 0 heterocycles. The second-order valence-corrected chi connectivity index (χ2v) is 2.98. The maximum absolute atomic E-state index is 12.9. The lowest BCUT2D eigenvalue weighted by molar-refractivity contribution is 0.300. The number of ether oxygens (including phenoxy) is 1. The molecule has 0 saturated carbocycles. The van der Waals surface area contributed by atoms with Crippen LogP contribution in [0.25, 0.3) is 0 Å². The van der Waals surface area contributed by atoms with Crippen molar-refractivity contribution in [2.24, 2.45) is 0 Å². The largest absolute Gasteiger partial charge is 0.490 e. The summed E-state index contributed by atoms with van der Waals surface area (Å²) < 4.78 is 18.1. The summed E-state index contributed by atoms with van der Waals surface area (Å²) in [4.78, 5) is 0.711. The summed E-state index contributed by atoms with van der Waals surface area (Å²) in [6.45, 7) is 2.51. The molecule has 0 amide bonds. The highest BCUT2D eigenvalue weighted by Crippen LogP contribution is 2.20. The Hall–Kier alpha value is -0.700. The highest BCUT2D eigenvalue weighted by Gasteiger charge is 2.01. The highest BCUT2D eigenvalue weighted by atomic mass is 32.1. The van der Waals surface area contributed by atoms with Gasteiger partial charge in [-0.3, -0.25) is 0 Å². The Kier molecular flexibility index (Phi) is 3.41. The molecular formula is C9H11FOS. The zero-order valence-corrected chi connectivity index (χ0v) is 7.77. The highest BCUT2D eigenvalue weighted by molar-refractivity contribution is 7.80. The van der Waals surface area contributed by atoms with E-state index < -0.39 is 0 Å². The smallest absolute Gasteiger partial charge is 0.165 e. The zero-order valence-electron chi connectivity index (χ0n) is 6.88. The van der Waals surface area contributed by atoms with Gasteiger partial charge in [-0.25, -0.2) is 4.39 Å². The van der Waals surface area contributed by atoms with E-state index in [-0.39, 0.29) is 11.6 Å². The van der Waals surface area contributed by atoms with Gasteiger partial charge in [0.05, 0.1) is 6.61 Å². The van der Waals surface area contributed by atoms with Crippen molar-refractivity contribution in [2.75, 3.05) is 6.61 Å². The molecule has 1 aromatic rings. The van der Waals surface area contributed by atoms with Crippen molar-refractivity contribution in [1.82, 2.24) is 0 Å². The molecule has 1 nitrogen and oxygen atoms in total. The molecule has 0 bridgehead atoms. The van der Waals surface area contributed by atoms with Crippen molar-refractivity contribution in [3.63, 3.8) is 0 Å². The predicted molar refractivity (Wildman–Crippen MR) is 49.4 cm³/mol. The maximum atomic E-state index is 12.9. The number of thiol groups is 1. The van der Waals surface area contributed by atoms with Crippen LogP contribution in [0.2, 0.25) is 0 Å². The van der Waals surface area contributed by atoms with E-state index in [1.165, 1.54) is 6.07 Å². The van der Waals surface area contributed by atoms with Gasteiger partial charge in [0.15, 0.2) is 11.6 Å². The average Bonchev–Trinajstić information content (AvgIpc) is 2.07. The Morgan fingerprint density at radius 2 is 2.25 bits per heavy atom. The molecule has 1 aromatic carbocycles. The molecule has 0 radical (unpaired) electrons. The summed E-state index contributed by atoms with van der Waals surface area (Å²) in [7, 11) is 0. The van der Waals surface area contributed by atoms with Crippen LogP contribution in [0, 0.1) is 5.82 Å². The van der Waals surface area contributed by atoms with Crippen molar-refractivity contribution in [1.29, 1.82) is 0 Å². The standard InChI is InChI=1S/C9H11FOS/c1-2-5-11-9-6-7(12)3-4-8(9)10/h3-4,6,12H,2,5H2,1H3. The van der Waals surface area contributed by atoms with Gasteiger partial charge < -0.3 is 4.74 Å². The molecule has 0 spiro atoms. The second-order valence-electron chi connectivity index (χ2n) is 2.46. The summed E-state index contributed by atoms with van der Waals surface area (Å²) >= 11 is 4.08. The summed E-state index contributed by atoms with van der Waals surface area (Å²) in [6.07, 6.45) is 0.871. The Morgan fingerprint density at radius 1 is 1.50 bits per heavy atom. The van der Waals surface area contributed by atoms with E-state index in [0.717, 1.165) is 6.42 Å². The number of rotatable bonds is 3. The number of hydrogen-bond donors (Lipinski definition) is 1. The van der Waals surface area contributed by atoms with Gasteiger partial charge in [-0.05, 0) is 24.6 Å². The van der Waals surface area contributed by atoms with Gasteiger partial charge in [0, 0.05) is 4.90 Å². The molecule has 0 unspecified atom stereocenters. The first-order chi connectivity index (χ1) is 5.74. The lowest BCUT2D eigenvalue weighted by Crippen LogP contribution is -1.97. The molecule has 12 heavy (non-hydrogen) atoms. The molecule has 0 aliphatic carbocycles. The molecule has 0 aliphatic rings. The monoisotopic (exact) mass is 186 g/mol. The third-order valence-electron chi connectivity index (χ3n) is 1.38. The fraction of sp³-hybridized carbons (Fsp3) is 0.333. The lowest BCUT2D eigenvalue weighted by atomic mass is 10.3. The van der Waals surface area contributed by atoms with Crippen LogP contribution in [0.4, 0.5) is 4.39 Å². The second kappa shape index (κ2) is 4.36. The summed E-state index contributed by atoms with van der Waals surface area (Å²) in [5.41, 5.74) is 0. The minimum Gasteiger partial charge on any atom is -0.490 e. The van der Waals surface area contributed by atoms with Crippen molar-refractivity contribution in [3.8, 4) is 5.75 Å². The van der Waals surface area contributed by atoms with E-state index in [9.17, 15) is 4.39 Å². The first kappa shape index (κ1) is 9.39. The lowest BCUT2D eigenvalue weighted by Gasteiger charge is -2.05. The van der Waals surface area contributed by atoms with Crippen LogP contribution in [-0.2, 0) is 0 Å². The SMILES string of the molecule is CCCOc1cc(S)ccc1F. The molecule has 0 aliphatic heterocycles. The Labute approximate surface area is 77.0 Å². The fourth-order valence-electron chi connectivity index (χ4n) is 0.815. The van der Waals surface area contributed by atoms with Crippen molar-refractivity contribution < 1.29 is 9.13 Å². The molecule has 0 fully saturated rings. The Bertz CT molecular complexity index is 263. The van der Waals surface area contributed by atoms with Crippen molar-refractivity contribution in [3.05, 3.63) is 24.0 Å². The molecule has 0 saturated heterocycles. The topological polar surface area (TPSA) is 9.23 Å². The molecular weight excluding hydrogens is 175 g/mol. The Morgan fingerprint density at radius 3 is 2.92 bits per heavy atom. The van der Waals surface area contributed by atoms with Gasteiger partial charge in [-0.15, -0.1) is 12.6 Å². The van der Waals surface area contributed by atoms with Crippen LogP contribution in [0.5, 0.6) is 5.75 Å². The molecule has 0 atom stereocenters. The zero-order chi connectivity index (χ0) is 8.97. The van der Waals surface area contributed by atoms with E-state index in [1.54, 1.807) is 12.1 Å². The third-order valence-corrected chi connectivity index (χ3v) is 1.65. The quantitative estimate of drug-likeness (QED) is 0.714. The molecule has 3 heteroatoms. The first-order valence-corrected chi connectivity index (χ1v) is 4.30. The van der Waals surface area contributed by atoms with Gasteiger partial charge in [-0.1, -0.05) is 6.92 Å².